The Morgan fingerprint density at radius 1 is 1.42 bits per heavy atom. The van der Waals surface area contributed by atoms with Crippen LogP contribution < -0.4 is 10.1 Å². The summed E-state index contributed by atoms with van der Waals surface area (Å²) < 4.78 is 5.81. The van der Waals surface area contributed by atoms with Crippen LogP contribution in [0.5, 0.6) is 5.75 Å². The lowest BCUT2D eigenvalue weighted by atomic mass is 10.1. The number of nitrogens with zero attached hydrogens (tertiary/aromatic N) is 1. The van der Waals surface area contributed by atoms with Gasteiger partial charge in [0, 0.05) is 13.1 Å². The summed E-state index contributed by atoms with van der Waals surface area (Å²) in [6.45, 7) is 2.66. The lowest BCUT2D eigenvalue weighted by Crippen LogP contribution is -2.48. The van der Waals surface area contributed by atoms with E-state index in [0.29, 0.717) is 18.5 Å². The fourth-order valence-corrected chi connectivity index (χ4v) is 2.57. The van der Waals surface area contributed by atoms with Gasteiger partial charge in [-0.1, -0.05) is 12.1 Å². The quantitative estimate of drug-likeness (QED) is 0.905. The number of carbonyl (C=O) groups is 1. The van der Waals surface area contributed by atoms with Crippen LogP contribution >= 0.6 is 0 Å². The van der Waals surface area contributed by atoms with E-state index in [9.17, 15) is 4.79 Å². The van der Waals surface area contributed by atoms with Gasteiger partial charge in [-0.15, -0.1) is 0 Å². The first-order valence-electron chi connectivity index (χ1n) is 6.93. The predicted molar refractivity (Wildman–Crippen MR) is 74.3 cm³/mol. The van der Waals surface area contributed by atoms with Crippen molar-refractivity contribution in [2.24, 2.45) is 5.92 Å². The molecule has 19 heavy (non-hydrogen) atoms. The van der Waals surface area contributed by atoms with Gasteiger partial charge in [0.1, 0.15) is 5.75 Å². The third-order valence-corrected chi connectivity index (χ3v) is 4.17. The number of hydrogen-bond acceptors (Lipinski definition) is 3. The third-order valence-electron chi connectivity index (χ3n) is 4.17. The van der Waals surface area contributed by atoms with Gasteiger partial charge >= 0.3 is 0 Å². The summed E-state index contributed by atoms with van der Waals surface area (Å²) in [6.07, 6.45) is 2.07. The highest BCUT2D eigenvalue weighted by Crippen LogP contribution is 2.35. The standard InChI is InChI=1S/C15H20N2O2/c1-10(11-7-8-11)17(2)15(18)14-9-16-12-5-3-4-6-13(12)19-14/h3-6,10-11,14,16H,7-9H2,1-2H3. The number of anilines is 1. The minimum absolute atomic E-state index is 0.0707. The fourth-order valence-electron chi connectivity index (χ4n) is 2.57. The van der Waals surface area contributed by atoms with Crippen molar-refractivity contribution in [3.63, 3.8) is 0 Å². The first kappa shape index (κ1) is 12.3. The van der Waals surface area contributed by atoms with E-state index in [1.807, 2.05) is 36.2 Å². The van der Waals surface area contributed by atoms with E-state index < -0.39 is 6.10 Å². The Morgan fingerprint density at radius 3 is 2.89 bits per heavy atom. The molecule has 1 fully saturated rings. The highest BCUT2D eigenvalue weighted by Gasteiger charge is 2.36. The van der Waals surface area contributed by atoms with E-state index >= 15 is 0 Å². The van der Waals surface area contributed by atoms with Crippen LogP contribution in [0.1, 0.15) is 19.8 Å². The smallest absolute Gasteiger partial charge is 0.265 e. The Bertz CT molecular complexity index is 485. The van der Waals surface area contributed by atoms with Gasteiger partial charge in [-0.2, -0.15) is 0 Å². The molecule has 1 N–H and O–H groups in total. The average molecular weight is 260 g/mol. The largest absolute Gasteiger partial charge is 0.477 e. The number of hydrogen-bond donors (Lipinski definition) is 1. The van der Waals surface area contributed by atoms with Crippen LogP contribution in [0.3, 0.4) is 0 Å². The SMILES string of the molecule is CC(C1CC1)N(C)C(=O)C1CNc2ccccc2O1. The molecule has 102 valence electrons. The fraction of sp³-hybridized carbons (Fsp3) is 0.533. The number of rotatable bonds is 3. The summed E-state index contributed by atoms with van der Waals surface area (Å²) >= 11 is 0. The molecule has 0 bridgehead atoms. The summed E-state index contributed by atoms with van der Waals surface area (Å²) in [6, 6.07) is 8.05. The number of nitrogens with one attached hydrogen (secondary N) is 1. The van der Waals surface area contributed by atoms with E-state index in [4.69, 9.17) is 4.74 Å². The molecular formula is C15H20N2O2. The summed E-state index contributed by atoms with van der Waals surface area (Å²) in [5.74, 6) is 1.51. The third kappa shape index (κ3) is 2.39. The van der Waals surface area contributed by atoms with Crippen LogP contribution in [0.15, 0.2) is 24.3 Å². The number of carbonyl (C=O) groups excluding carboxylic acids is 1. The van der Waals surface area contributed by atoms with Crippen LogP contribution in [0.2, 0.25) is 0 Å². The first-order valence-corrected chi connectivity index (χ1v) is 6.93. The summed E-state index contributed by atoms with van der Waals surface area (Å²) in [4.78, 5) is 14.3. The van der Waals surface area contributed by atoms with Crippen LogP contribution in [0, 0.1) is 5.92 Å². The predicted octanol–water partition coefficient (Wildman–Crippen LogP) is 2.12. The van der Waals surface area contributed by atoms with E-state index in [1.54, 1.807) is 0 Å². The molecule has 2 unspecified atom stereocenters. The van der Waals surface area contributed by atoms with Crippen molar-refractivity contribution in [2.75, 3.05) is 18.9 Å². The van der Waals surface area contributed by atoms with E-state index in [0.717, 1.165) is 11.4 Å². The Kier molecular flexibility index (Phi) is 3.09. The maximum Gasteiger partial charge on any atom is 0.265 e. The van der Waals surface area contributed by atoms with Crippen molar-refractivity contribution in [3.8, 4) is 5.75 Å². The normalized spacial score (nSPS) is 22.7. The molecule has 2 atom stereocenters. The monoisotopic (exact) mass is 260 g/mol. The molecule has 1 aliphatic carbocycles. The number of ether oxygens (including phenoxy) is 1. The zero-order valence-electron chi connectivity index (χ0n) is 11.4. The van der Waals surface area contributed by atoms with E-state index in [1.165, 1.54) is 12.8 Å². The molecule has 1 aliphatic heterocycles. The zero-order chi connectivity index (χ0) is 13.4. The Balaban J connectivity index is 1.68. The molecule has 4 nitrogen and oxygen atoms in total. The van der Waals surface area contributed by atoms with Crippen LogP contribution in [-0.2, 0) is 4.79 Å². The summed E-state index contributed by atoms with van der Waals surface area (Å²) in [5.41, 5.74) is 0.962. The Hall–Kier alpha value is -1.71. The van der Waals surface area contributed by atoms with Crippen LogP contribution in [0.4, 0.5) is 5.69 Å². The molecule has 4 heteroatoms. The number of benzene rings is 1. The van der Waals surface area contributed by atoms with Gasteiger partial charge in [-0.05, 0) is 37.8 Å². The molecule has 1 aromatic carbocycles. The van der Waals surface area contributed by atoms with Gasteiger partial charge < -0.3 is 15.0 Å². The molecule has 0 saturated heterocycles. The second-order valence-corrected chi connectivity index (χ2v) is 5.51. The number of fused-ring (bicyclic) bond motifs is 1. The zero-order valence-corrected chi connectivity index (χ0v) is 11.4. The van der Waals surface area contributed by atoms with Gasteiger partial charge in [-0.3, -0.25) is 4.79 Å². The molecule has 2 aliphatic rings. The van der Waals surface area contributed by atoms with Crippen molar-refractivity contribution in [1.82, 2.24) is 4.90 Å². The molecule has 0 radical (unpaired) electrons. The molecule has 3 rings (SSSR count). The maximum atomic E-state index is 12.4. The molecule has 1 aromatic rings. The number of amides is 1. The van der Waals surface area contributed by atoms with Crippen molar-refractivity contribution in [1.29, 1.82) is 0 Å². The van der Waals surface area contributed by atoms with Crippen LogP contribution in [0.25, 0.3) is 0 Å². The van der Waals surface area contributed by atoms with Gasteiger partial charge in [0.2, 0.25) is 0 Å². The molecule has 1 amide bonds. The molecule has 0 aromatic heterocycles. The number of para-hydroxylation sites is 2. The van der Waals surface area contributed by atoms with Crippen molar-refractivity contribution in [3.05, 3.63) is 24.3 Å². The van der Waals surface area contributed by atoms with Crippen molar-refractivity contribution in [2.45, 2.75) is 31.9 Å². The topological polar surface area (TPSA) is 41.6 Å². The van der Waals surface area contributed by atoms with Gasteiger partial charge in [0.25, 0.3) is 5.91 Å². The molecular weight excluding hydrogens is 240 g/mol. The maximum absolute atomic E-state index is 12.4. The Labute approximate surface area is 113 Å². The average Bonchev–Trinajstić information content (AvgIpc) is 3.29. The summed E-state index contributed by atoms with van der Waals surface area (Å²) in [7, 11) is 1.88. The Morgan fingerprint density at radius 2 is 2.16 bits per heavy atom. The van der Waals surface area contributed by atoms with Crippen molar-refractivity contribution >= 4 is 11.6 Å². The highest BCUT2D eigenvalue weighted by atomic mass is 16.5. The van der Waals surface area contributed by atoms with Gasteiger partial charge in [-0.25, -0.2) is 0 Å². The summed E-state index contributed by atoms with van der Waals surface area (Å²) in [5, 5.41) is 3.26. The van der Waals surface area contributed by atoms with E-state index in [-0.39, 0.29) is 5.91 Å². The molecule has 1 heterocycles. The first-order chi connectivity index (χ1) is 9.16. The van der Waals surface area contributed by atoms with Gasteiger partial charge in [0.15, 0.2) is 6.10 Å². The molecule has 1 saturated carbocycles. The highest BCUT2D eigenvalue weighted by molar-refractivity contribution is 5.83. The van der Waals surface area contributed by atoms with Crippen molar-refractivity contribution < 1.29 is 9.53 Å². The second-order valence-electron chi connectivity index (χ2n) is 5.51. The van der Waals surface area contributed by atoms with Crippen LogP contribution in [-0.4, -0.2) is 36.5 Å². The second kappa shape index (κ2) is 4.76. The number of likely N-dealkylation sites (N-methyl/N-ethyl adjacent to an activating group) is 1. The minimum Gasteiger partial charge on any atom is -0.477 e. The molecule has 0 spiro atoms. The van der Waals surface area contributed by atoms with Gasteiger partial charge in [0.05, 0.1) is 12.2 Å². The van der Waals surface area contributed by atoms with E-state index in [2.05, 4.69) is 12.2 Å². The lowest BCUT2D eigenvalue weighted by molar-refractivity contribution is -0.139. The minimum atomic E-state index is -0.416. The lowest BCUT2D eigenvalue weighted by Gasteiger charge is -2.32.